The first kappa shape index (κ1) is 13.2. The first-order valence-electron chi connectivity index (χ1n) is 6.65. The van der Waals surface area contributed by atoms with Gasteiger partial charge in [0.1, 0.15) is 6.10 Å². The van der Waals surface area contributed by atoms with E-state index in [1.165, 1.54) is 6.42 Å². The van der Waals surface area contributed by atoms with E-state index < -0.39 is 0 Å². The minimum Gasteiger partial charge on any atom is -0.368 e. The van der Waals surface area contributed by atoms with Crippen molar-refractivity contribution in [2.75, 3.05) is 12.5 Å². The van der Waals surface area contributed by atoms with Gasteiger partial charge in [0, 0.05) is 12.5 Å². The smallest absolute Gasteiger partial charge is 0.249 e. The summed E-state index contributed by atoms with van der Waals surface area (Å²) in [6, 6.07) is 0. The average Bonchev–Trinajstić information content (AvgIpc) is 2.82. The predicted molar refractivity (Wildman–Crippen MR) is 68.2 cm³/mol. The van der Waals surface area contributed by atoms with Crippen LogP contribution in [0.3, 0.4) is 0 Å². The number of amides is 1. The summed E-state index contributed by atoms with van der Waals surface area (Å²) in [4.78, 5) is 12.1. The van der Waals surface area contributed by atoms with Gasteiger partial charge in [-0.05, 0) is 31.6 Å². The molecule has 1 saturated heterocycles. The quantitative estimate of drug-likeness (QED) is 0.791. The van der Waals surface area contributed by atoms with E-state index >= 15 is 0 Å². The number of hydrogen-bond acceptors (Lipinski definition) is 2. The molecule has 0 bridgehead atoms. The fourth-order valence-corrected chi connectivity index (χ4v) is 3.36. The largest absolute Gasteiger partial charge is 0.368 e. The van der Waals surface area contributed by atoms with Gasteiger partial charge >= 0.3 is 0 Å². The van der Waals surface area contributed by atoms with E-state index in [1.807, 2.05) is 0 Å². The van der Waals surface area contributed by atoms with Crippen molar-refractivity contribution < 1.29 is 9.53 Å². The maximum absolute atomic E-state index is 12.1. The molecular formula is C13H22ClNO2. The summed E-state index contributed by atoms with van der Waals surface area (Å²) in [7, 11) is 0. The third kappa shape index (κ3) is 3.14. The summed E-state index contributed by atoms with van der Waals surface area (Å²) in [5, 5.41) is 3.16. The SMILES string of the molecule is CC1CCCC(CCl)(NC(=O)C2CCCO2)C1. The molecule has 0 spiro atoms. The zero-order chi connectivity index (χ0) is 12.3. The predicted octanol–water partition coefficient (Wildman–Crippen LogP) is 2.47. The number of carbonyl (C=O) groups excluding carboxylic acids is 1. The number of hydrogen-bond donors (Lipinski definition) is 1. The first-order chi connectivity index (χ1) is 8.15. The van der Waals surface area contributed by atoms with E-state index in [4.69, 9.17) is 16.3 Å². The summed E-state index contributed by atoms with van der Waals surface area (Å²) in [6.45, 7) is 2.95. The molecule has 0 aromatic heterocycles. The molecule has 98 valence electrons. The molecule has 0 aromatic carbocycles. The van der Waals surface area contributed by atoms with Crippen LogP contribution < -0.4 is 5.32 Å². The summed E-state index contributed by atoms with van der Waals surface area (Å²) < 4.78 is 5.42. The average molecular weight is 260 g/mol. The molecule has 1 aliphatic carbocycles. The Hall–Kier alpha value is -0.280. The minimum absolute atomic E-state index is 0.0391. The van der Waals surface area contributed by atoms with Crippen molar-refractivity contribution in [2.24, 2.45) is 5.92 Å². The molecule has 2 rings (SSSR count). The van der Waals surface area contributed by atoms with Gasteiger partial charge in [-0.15, -0.1) is 11.6 Å². The Labute approximate surface area is 108 Å². The molecule has 2 fully saturated rings. The lowest BCUT2D eigenvalue weighted by Crippen LogP contribution is -2.55. The molecule has 17 heavy (non-hydrogen) atoms. The van der Waals surface area contributed by atoms with Crippen LogP contribution in [0.5, 0.6) is 0 Å². The molecule has 1 aliphatic heterocycles. The van der Waals surface area contributed by atoms with Crippen LogP contribution in [0, 0.1) is 5.92 Å². The number of halogens is 1. The Morgan fingerprint density at radius 3 is 2.88 bits per heavy atom. The molecule has 0 aromatic rings. The molecule has 3 unspecified atom stereocenters. The summed E-state index contributed by atoms with van der Waals surface area (Å²) >= 11 is 6.10. The van der Waals surface area contributed by atoms with Gasteiger partial charge in [-0.2, -0.15) is 0 Å². The normalized spacial score (nSPS) is 38.0. The fourth-order valence-electron chi connectivity index (χ4n) is 3.05. The summed E-state index contributed by atoms with van der Waals surface area (Å²) in [6.07, 6.45) is 5.98. The highest BCUT2D eigenvalue weighted by Gasteiger charge is 2.37. The van der Waals surface area contributed by atoms with Gasteiger partial charge in [-0.3, -0.25) is 4.79 Å². The molecule has 3 nitrogen and oxygen atoms in total. The number of nitrogens with one attached hydrogen (secondary N) is 1. The van der Waals surface area contributed by atoms with Crippen LogP contribution in [0.2, 0.25) is 0 Å². The van der Waals surface area contributed by atoms with E-state index in [0.29, 0.717) is 18.4 Å². The van der Waals surface area contributed by atoms with Crippen molar-refractivity contribution in [3.05, 3.63) is 0 Å². The summed E-state index contributed by atoms with van der Waals surface area (Å²) in [5.74, 6) is 1.19. The molecule has 3 atom stereocenters. The number of ether oxygens (including phenoxy) is 1. The van der Waals surface area contributed by atoms with Crippen molar-refractivity contribution >= 4 is 17.5 Å². The van der Waals surface area contributed by atoms with Gasteiger partial charge in [-0.1, -0.05) is 19.8 Å². The number of carbonyl (C=O) groups is 1. The standard InChI is InChI=1S/C13H22ClNO2/c1-10-4-2-6-13(8-10,9-14)15-12(16)11-5-3-7-17-11/h10-11H,2-9H2,1H3,(H,15,16). The van der Waals surface area contributed by atoms with Crippen LogP contribution in [0.15, 0.2) is 0 Å². The van der Waals surface area contributed by atoms with E-state index in [1.54, 1.807) is 0 Å². The Kier molecular flexibility index (Phi) is 4.31. The highest BCUT2D eigenvalue weighted by Crippen LogP contribution is 2.33. The summed E-state index contributed by atoms with van der Waals surface area (Å²) in [5.41, 5.74) is -0.192. The van der Waals surface area contributed by atoms with Gasteiger partial charge in [-0.25, -0.2) is 0 Å². The monoisotopic (exact) mass is 259 g/mol. The third-order valence-electron chi connectivity index (χ3n) is 3.96. The molecule has 1 heterocycles. The highest BCUT2D eigenvalue weighted by molar-refractivity contribution is 6.18. The Morgan fingerprint density at radius 1 is 1.47 bits per heavy atom. The van der Waals surface area contributed by atoms with Crippen molar-refractivity contribution in [3.63, 3.8) is 0 Å². The molecule has 1 saturated carbocycles. The second-order valence-corrected chi connectivity index (χ2v) is 5.87. The Balaban J connectivity index is 1.95. The lowest BCUT2D eigenvalue weighted by molar-refractivity contribution is -0.132. The topological polar surface area (TPSA) is 38.3 Å². The second kappa shape index (κ2) is 5.57. The van der Waals surface area contributed by atoms with Crippen molar-refractivity contribution in [2.45, 2.75) is 57.1 Å². The van der Waals surface area contributed by atoms with Gasteiger partial charge in [0.15, 0.2) is 0 Å². The lowest BCUT2D eigenvalue weighted by atomic mass is 9.77. The van der Waals surface area contributed by atoms with Crippen molar-refractivity contribution in [3.8, 4) is 0 Å². The van der Waals surface area contributed by atoms with E-state index in [9.17, 15) is 4.79 Å². The van der Waals surface area contributed by atoms with Crippen molar-refractivity contribution in [1.82, 2.24) is 5.32 Å². The van der Waals surface area contributed by atoms with E-state index in [2.05, 4.69) is 12.2 Å². The minimum atomic E-state index is -0.243. The van der Waals surface area contributed by atoms with Crippen LogP contribution in [-0.4, -0.2) is 30.0 Å². The van der Waals surface area contributed by atoms with Gasteiger partial charge in [0.2, 0.25) is 5.91 Å². The molecule has 2 aliphatic rings. The van der Waals surface area contributed by atoms with E-state index in [0.717, 1.165) is 32.1 Å². The van der Waals surface area contributed by atoms with Crippen LogP contribution >= 0.6 is 11.6 Å². The molecular weight excluding hydrogens is 238 g/mol. The highest BCUT2D eigenvalue weighted by atomic mass is 35.5. The second-order valence-electron chi connectivity index (χ2n) is 5.61. The fraction of sp³-hybridized carbons (Fsp3) is 0.923. The molecule has 1 N–H and O–H groups in total. The van der Waals surface area contributed by atoms with E-state index in [-0.39, 0.29) is 17.6 Å². The van der Waals surface area contributed by atoms with Crippen LogP contribution in [0.25, 0.3) is 0 Å². The first-order valence-corrected chi connectivity index (χ1v) is 7.18. The lowest BCUT2D eigenvalue weighted by Gasteiger charge is -2.39. The zero-order valence-corrected chi connectivity index (χ0v) is 11.3. The van der Waals surface area contributed by atoms with Gasteiger partial charge < -0.3 is 10.1 Å². The number of rotatable bonds is 3. The third-order valence-corrected chi connectivity index (χ3v) is 4.47. The van der Waals surface area contributed by atoms with Crippen LogP contribution in [-0.2, 0) is 9.53 Å². The number of alkyl halides is 1. The maximum Gasteiger partial charge on any atom is 0.249 e. The molecule has 0 radical (unpaired) electrons. The van der Waals surface area contributed by atoms with Gasteiger partial charge in [0.05, 0.1) is 5.54 Å². The van der Waals surface area contributed by atoms with Crippen LogP contribution in [0.4, 0.5) is 0 Å². The zero-order valence-electron chi connectivity index (χ0n) is 10.5. The molecule has 4 heteroatoms. The van der Waals surface area contributed by atoms with Crippen LogP contribution in [0.1, 0.15) is 45.4 Å². The Bertz CT molecular complexity index is 279. The Morgan fingerprint density at radius 2 is 2.29 bits per heavy atom. The van der Waals surface area contributed by atoms with Crippen molar-refractivity contribution in [1.29, 1.82) is 0 Å². The van der Waals surface area contributed by atoms with Gasteiger partial charge in [0.25, 0.3) is 0 Å². The maximum atomic E-state index is 12.1. The molecule has 1 amide bonds.